The lowest BCUT2D eigenvalue weighted by molar-refractivity contribution is -0.146. The predicted octanol–water partition coefficient (Wildman–Crippen LogP) is 0.930. The first kappa shape index (κ1) is 16.1. The van der Waals surface area contributed by atoms with Gasteiger partial charge in [0.25, 0.3) is 0 Å². The third-order valence-corrected chi connectivity index (χ3v) is 4.74. The number of rotatable bonds is 8. The summed E-state index contributed by atoms with van der Waals surface area (Å²) >= 11 is 1.39. The maximum absolute atomic E-state index is 12.0. The number of carbonyl (C=O) groups is 1. The molecule has 1 fully saturated rings. The van der Waals surface area contributed by atoms with Crippen molar-refractivity contribution in [2.75, 3.05) is 19.4 Å². The molecule has 0 aromatic carbocycles. The van der Waals surface area contributed by atoms with Gasteiger partial charge in [-0.15, -0.1) is 5.10 Å². The highest BCUT2D eigenvalue weighted by atomic mass is 32.2. The summed E-state index contributed by atoms with van der Waals surface area (Å²) in [5.41, 5.74) is -0.972. The molecule has 1 heterocycles. The second-order valence-corrected chi connectivity index (χ2v) is 6.39. The van der Waals surface area contributed by atoms with Crippen molar-refractivity contribution in [1.29, 1.82) is 0 Å². The minimum absolute atomic E-state index is 0.179. The molecule has 0 aliphatic heterocycles. The average Bonchev–Trinajstić information content (AvgIpc) is 3.25. The van der Waals surface area contributed by atoms with Gasteiger partial charge in [0.2, 0.25) is 0 Å². The van der Waals surface area contributed by atoms with Crippen LogP contribution in [0.15, 0.2) is 9.95 Å². The Labute approximate surface area is 127 Å². The van der Waals surface area contributed by atoms with Gasteiger partial charge in [-0.3, -0.25) is 9.36 Å². The monoisotopic (exact) mass is 314 g/mol. The number of methoxy groups -OCH3 is 1. The molecule has 1 aliphatic carbocycles. The molecule has 2 rings (SSSR count). The van der Waals surface area contributed by atoms with Crippen LogP contribution in [0.3, 0.4) is 0 Å². The van der Waals surface area contributed by atoms with Crippen LogP contribution in [0.1, 0.15) is 39.2 Å². The Morgan fingerprint density at radius 1 is 1.62 bits per heavy atom. The molecule has 7 nitrogen and oxygen atoms in total. The van der Waals surface area contributed by atoms with Crippen LogP contribution in [0.4, 0.5) is 0 Å². The van der Waals surface area contributed by atoms with Crippen molar-refractivity contribution >= 4 is 17.7 Å². The van der Waals surface area contributed by atoms with Crippen molar-refractivity contribution in [3.8, 4) is 0 Å². The first-order chi connectivity index (χ1) is 10.0. The lowest BCUT2D eigenvalue weighted by Crippen LogP contribution is -2.52. The number of hydrogen-bond donors (Lipinski definition) is 2. The molecule has 8 heteroatoms. The summed E-state index contributed by atoms with van der Waals surface area (Å²) < 4.78 is 6.57. The quantitative estimate of drug-likeness (QED) is 0.548. The highest BCUT2D eigenvalue weighted by Crippen LogP contribution is 2.36. The Hall–Kier alpha value is -1.28. The van der Waals surface area contributed by atoms with Gasteiger partial charge in [-0.1, -0.05) is 18.7 Å². The molecule has 0 spiro atoms. The molecule has 1 unspecified atom stereocenters. The van der Waals surface area contributed by atoms with E-state index in [2.05, 4.69) is 15.5 Å². The number of hydrogen-bond acceptors (Lipinski definition) is 6. The molecule has 21 heavy (non-hydrogen) atoms. The second kappa shape index (κ2) is 6.65. The Kier molecular flexibility index (Phi) is 5.10. The maximum Gasteiger partial charge on any atom is 0.344 e. The summed E-state index contributed by atoms with van der Waals surface area (Å²) in [6.07, 6.45) is 2.94. The van der Waals surface area contributed by atoms with Gasteiger partial charge in [-0.05, 0) is 32.7 Å². The van der Waals surface area contributed by atoms with Crippen LogP contribution in [-0.2, 0) is 9.53 Å². The van der Waals surface area contributed by atoms with Crippen molar-refractivity contribution in [2.45, 2.75) is 49.8 Å². The van der Waals surface area contributed by atoms with E-state index in [0.29, 0.717) is 10.9 Å². The van der Waals surface area contributed by atoms with Crippen molar-refractivity contribution < 1.29 is 9.53 Å². The highest BCUT2D eigenvalue weighted by molar-refractivity contribution is 7.99. The number of thioether (sulfide) groups is 1. The van der Waals surface area contributed by atoms with E-state index in [4.69, 9.17) is 4.74 Å². The summed E-state index contributed by atoms with van der Waals surface area (Å²) in [6, 6.07) is 0.256. The van der Waals surface area contributed by atoms with E-state index in [-0.39, 0.29) is 17.7 Å². The predicted molar refractivity (Wildman–Crippen MR) is 80.6 cm³/mol. The molecule has 118 valence electrons. The minimum atomic E-state index is -0.793. The van der Waals surface area contributed by atoms with Crippen LogP contribution in [-0.4, -0.2) is 45.7 Å². The largest absolute Gasteiger partial charge is 0.468 e. The Morgan fingerprint density at radius 3 is 2.90 bits per heavy atom. The third-order valence-electron chi connectivity index (χ3n) is 3.48. The van der Waals surface area contributed by atoms with Crippen molar-refractivity contribution in [3.05, 3.63) is 10.5 Å². The topological polar surface area (TPSA) is 89.0 Å². The summed E-state index contributed by atoms with van der Waals surface area (Å²) in [7, 11) is 1.38. The molecular formula is C13H22N4O3S. The van der Waals surface area contributed by atoms with Crippen molar-refractivity contribution in [1.82, 2.24) is 20.1 Å². The molecule has 0 saturated heterocycles. The van der Waals surface area contributed by atoms with Crippen LogP contribution in [0.25, 0.3) is 0 Å². The molecule has 0 bridgehead atoms. The smallest absolute Gasteiger partial charge is 0.344 e. The average molecular weight is 314 g/mol. The van der Waals surface area contributed by atoms with Gasteiger partial charge in [-0.2, -0.15) is 0 Å². The van der Waals surface area contributed by atoms with Gasteiger partial charge in [0, 0.05) is 11.8 Å². The number of aromatic amines is 1. The molecule has 0 radical (unpaired) electrons. The summed E-state index contributed by atoms with van der Waals surface area (Å²) in [4.78, 5) is 23.7. The molecular weight excluding hydrogens is 292 g/mol. The van der Waals surface area contributed by atoms with Gasteiger partial charge in [0.15, 0.2) is 5.16 Å². The Balaban J connectivity index is 2.08. The Bertz CT molecular complexity index is 552. The van der Waals surface area contributed by atoms with Gasteiger partial charge >= 0.3 is 11.7 Å². The van der Waals surface area contributed by atoms with Crippen LogP contribution in [0.5, 0.6) is 0 Å². The Morgan fingerprint density at radius 2 is 2.33 bits per heavy atom. The molecule has 1 aromatic heterocycles. The first-order valence-corrected chi connectivity index (χ1v) is 8.13. The zero-order valence-corrected chi connectivity index (χ0v) is 13.5. The molecule has 0 amide bonds. The number of nitrogens with zero attached hydrogens (tertiary/aromatic N) is 2. The van der Waals surface area contributed by atoms with Gasteiger partial charge in [0.1, 0.15) is 5.54 Å². The zero-order chi connectivity index (χ0) is 15.5. The van der Waals surface area contributed by atoms with Gasteiger partial charge in [0.05, 0.1) is 7.11 Å². The lowest BCUT2D eigenvalue weighted by Gasteiger charge is -2.27. The molecule has 1 aliphatic rings. The maximum atomic E-state index is 12.0. The zero-order valence-electron chi connectivity index (χ0n) is 12.6. The van der Waals surface area contributed by atoms with E-state index in [9.17, 15) is 9.59 Å². The highest BCUT2D eigenvalue weighted by Gasteiger charge is 2.35. The standard InChI is InChI=1S/C13H22N4O3S/c1-4-7-14-13(2,10(18)20-3)8-21-12-16-15-11(19)17(12)9-5-6-9/h9,14H,4-8H2,1-3H3,(H,15,19). The third kappa shape index (κ3) is 3.68. The normalized spacial score (nSPS) is 17.5. The number of ether oxygens (including phenoxy) is 1. The summed E-state index contributed by atoms with van der Waals surface area (Å²) in [5.74, 6) is 0.149. The fourth-order valence-electron chi connectivity index (χ4n) is 2.06. The van der Waals surface area contributed by atoms with Gasteiger partial charge < -0.3 is 10.1 Å². The fraction of sp³-hybridized carbons (Fsp3) is 0.769. The molecule has 2 N–H and O–H groups in total. The number of nitrogens with one attached hydrogen (secondary N) is 2. The van der Waals surface area contributed by atoms with E-state index in [1.807, 2.05) is 13.8 Å². The number of H-pyrrole nitrogens is 1. The number of esters is 1. The number of aromatic nitrogens is 3. The summed E-state index contributed by atoms with van der Waals surface area (Å²) in [6.45, 7) is 4.58. The van der Waals surface area contributed by atoms with E-state index in [0.717, 1.165) is 25.8 Å². The van der Waals surface area contributed by atoms with E-state index in [1.54, 1.807) is 4.57 Å². The van der Waals surface area contributed by atoms with Crippen LogP contribution in [0.2, 0.25) is 0 Å². The fourth-order valence-corrected chi connectivity index (χ4v) is 3.18. The molecule has 1 aromatic rings. The van der Waals surface area contributed by atoms with E-state index < -0.39 is 5.54 Å². The van der Waals surface area contributed by atoms with Crippen LogP contribution >= 0.6 is 11.8 Å². The first-order valence-electron chi connectivity index (χ1n) is 7.15. The van der Waals surface area contributed by atoms with Crippen LogP contribution in [0, 0.1) is 0 Å². The molecule has 1 saturated carbocycles. The number of carbonyl (C=O) groups excluding carboxylic acids is 1. The van der Waals surface area contributed by atoms with Crippen molar-refractivity contribution in [2.24, 2.45) is 0 Å². The van der Waals surface area contributed by atoms with E-state index >= 15 is 0 Å². The minimum Gasteiger partial charge on any atom is -0.468 e. The van der Waals surface area contributed by atoms with Crippen molar-refractivity contribution in [3.63, 3.8) is 0 Å². The summed E-state index contributed by atoms with van der Waals surface area (Å²) in [5, 5.41) is 10.4. The SMILES string of the molecule is CCCNC(C)(CSc1n[nH]c(=O)n1C1CC1)C(=O)OC. The van der Waals surface area contributed by atoms with Crippen LogP contribution < -0.4 is 11.0 Å². The lowest BCUT2D eigenvalue weighted by atomic mass is 10.1. The van der Waals surface area contributed by atoms with Gasteiger partial charge in [-0.25, -0.2) is 9.89 Å². The van der Waals surface area contributed by atoms with E-state index in [1.165, 1.54) is 18.9 Å². The second-order valence-electron chi connectivity index (χ2n) is 5.45. The molecule has 1 atom stereocenters.